The number of thiazole rings is 1. The van der Waals surface area contributed by atoms with Crippen LogP contribution in [-0.2, 0) is 7.05 Å². The summed E-state index contributed by atoms with van der Waals surface area (Å²) in [6.07, 6.45) is 0. The minimum Gasteiger partial charge on any atom is -0.497 e. The van der Waals surface area contributed by atoms with Crippen LogP contribution < -0.4 is 9.61 Å². The molecule has 2 rings (SSSR count). The van der Waals surface area contributed by atoms with E-state index in [-0.39, 0.29) is 4.87 Å². The van der Waals surface area contributed by atoms with Gasteiger partial charge in [0.2, 0.25) is 0 Å². The van der Waals surface area contributed by atoms with Crippen molar-refractivity contribution in [3.05, 3.63) is 27.9 Å². The van der Waals surface area contributed by atoms with Crippen LogP contribution in [0.2, 0.25) is 0 Å². The Labute approximate surface area is 79.2 Å². The molecular formula is C9H9NO2S. The maximum atomic E-state index is 11.3. The van der Waals surface area contributed by atoms with Gasteiger partial charge in [0, 0.05) is 7.05 Å². The second-order valence-electron chi connectivity index (χ2n) is 2.76. The fourth-order valence-electron chi connectivity index (χ4n) is 1.24. The van der Waals surface area contributed by atoms with E-state index in [9.17, 15) is 4.79 Å². The van der Waals surface area contributed by atoms with Crippen molar-refractivity contribution in [1.29, 1.82) is 0 Å². The first-order valence-corrected chi connectivity index (χ1v) is 4.67. The molecule has 0 N–H and O–H groups in total. The maximum absolute atomic E-state index is 11.3. The molecule has 2 aromatic rings. The SMILES string of the molecule is COc1ccc2c(c1)sc(=O)n2C. The van der Waals surface area contributed by atoms with E-state index in [0.29, 0.717) is 0 Å². The molecule has 13 heavy (non-hydrogen) atoms. The van der Waals surface area contributed by atoms with E-state index in [1.165, 1.54) is 11.3 Å². The zero-order valence-corrected chi connectivity index (χ0v) is 8.22. The van der Waals surface area contributed by atoms with Crippen LogP contribution in [0.25, 0.3) is 10.2 Å². The average molecular weight is 195 g/mol. The average Bonchev–Trinajstić information content (AvgIpc) is 2.42. The summed E-state index contributed by atoms with van der Waals surface area (Å²) >= 11 is 1.24. The van der Waals surface area contributed by atoms with E-state index >= 15 is 0 Å². The molecular weight excluding hydrogens is 186 g/mol. The molecule has 68 valence electrons. The lowest BCUT2D eigenvalue weighted by Crippen LogP contribution is -2.06. The zero-order chi connectivity index (χ0) is 9.42. The molecule has 3 nitrogen and oxygen atoms in total. The highest BCUT2D eigenvalue weighted by Crippen LogP contribution is 2.21. The van der Waals surface area contributed by atoms with Gasteiger partial charge in [-0.1, -0.05) is 11.3 Å². The third-order valence-electron chi connectivity index (χ3n) is 2.00. The molecule has 0 radical (unpaired) electrons. The first-order valence-electron chi connectivity index (χ1n) is 3.86. The lowest BCUT2D eigenvalue weighted by molar-refractivity contribution is 0.415. The third kappa shape index (κ3) is 1.23. The van der Waals surface area contributed by atoms with Gasteiger partial charge in [-0.05, 0) is 18.2 Å². The van der Waals surface area contributed by atoms with E-state index in [1.54, 1.807) is 18.7 Å². The van der Waals surface area contributed by atoms with Crippen LogP contribution in [0.5, 0.6) is 5.75 Å². The lowest BCUT2D eigenvalue weighted by atomic mass is 10.3. The number of ether oxygens (including phenoxy) is 1. The predicted molar refractivity (Wildman–Crippen MR) is 53.6 cm³/mol. The molecule has 0 bridgehead atoms. The van der Waals surface area contributed by atoms with E-state index in [0.717, 1.165) is 16.0 Å². The fraction of sp³-hybridized carbons (Fsp3) is 0.222. The number of nitrogens with zero attached hydrogens (tertiary/aromatic N) is 1. The quantitative estimate of drug-likeness (QED) is 0.692. The van der Waals surface area contributed by atoms with Crippen molar-refractivity contribution in [2.75, 3.05) is 7.11 Å². The summed E-state index contributed by atoms with van der Waals surface area (Å²) in [6, 6.07) is 5.63. The summed E-state index contributed by atoms with van der Waals surface area (Å²) in [5.41, 5.74) is 0.954. The van der Waals surface area contributed by atoms with E-state index in [4.69, 9.17) is 4.74 Å². The zero-order valence-electron chi connectivity index (χ0n) is 7.40. The number of aromatic nitrogens is 1. The Morgan fingerprint density at radius 3 is 2.92 bits per heavy atom. The standard InChI is InChI=1S/C9H9NO2S/c1-10-7-4-3-6(12-2)5-8(7)13-9(10)11/h3-5H,1-2H3. The van der Waals surface area contributed by atoms with Crippen molar-refractivity contribution in [1.82, 2.24) is 4.57 Å². The molecule has 0 saturated carbocycles. The number of fused-ring (bicyclic) bond motifs is 1. The van der Waals surface area contributed by atoms with Crippen molar-refractivity contribution in [3.63, 3.8) is 0 Å². The molecule has 1 aromatic carbocycles. The lowest BCUT2D eigenvalue weighted by Gasteiger charge is -1.98. The van der Waals surface area contributed by atoms with Crippen molar-refractivity contribution >= 4 is 21.6 Å². The number of hydrogen-bond donors (Lipinski definition) is 0. The van der Waals surface area contributed by atoms with Crippen LogP contribution in [0, 0.1) is 0 Å². The van der Waals surface area contributed by atoms with Gasteiger partial charge in [0.25, 0.3) is 0 Å². The second kappa shape index (κ2) is 2.88. The molecule has 0 fully saturated rings. The van der Waals surface area contributed by atoms with Crippen LogP contribution in [-0.4, -0.2) is 11.7 Å². The largest absolute Gasteiger partial charge is 0.497 e. The molecule has 0 aliphatic carbocycles. The van der Waals surface area contributed by atoms with Gasteiger partial charge in [-0.2, -0.15) is 0 Å². The van der Waals surface area contributed by atoms with Crippen molar-refractivity contribution in [2.45, 2.75) is 0 Å². The molecule has 0 atom stereocenters. The van der Waals surface area contributed by atoms with Crippen molar-refractivity contribution in [2.24, 2.45) is 7.05 Å². The number of rotatable bonds is 1. The Balaban J connectivity index is 2.80. The molecule has 0 saturated heterocycles. The molecule has 1 heterocycles. The fourth-order valence-corrected chi connectivity index (χ4v) is 2.15. The third-order valence-corrected chi connectivity index (χ3v) is 2.99. The second-order valence-corrected chi connectivity index (χ2v) is 3.75. The summed E-state index contributed by atoms with van der Waals surface area (Å²) in [6.45, 7) is 0. The summed E-state index contributed by atoms with van der Waals surface area (Å²) in [7, 11) is 3.39. The number of hydrogen-bond acceptors (Lipinski definition) is 3. The minimum atomic E-state index is 0.0586. The number of methoxy groups -OCH3 is 1. The minimum absolute atomic E-state index is 0.0586. The smallest absolute Gasteiger partial charge is 0.307 e. The van der Waals surface area contributed by atoms with Crippen LogP contribution in [0.1, 0.15) is 0 Å². The molecule has 0 aliphatic heterocycles. The Kier molecular flexibility index (Phi) is 1.84. The van der Waals surface area contributed by atoms with Gasteiger partial charge in [0.1, 0.15) is 5.75 Å². The van der Waals surface area contributed by atoms with Crippen LogP contribution >= 0.6 is 11.3 Å². The van der Waals surface area contributed by atoms with Gasteiger partial charge in [-0.25, -0.2) is 0 Å². The van der Waals surface area contributed by atoms with Gasteiger partial charge < -0.3 is 9.30 Å². The van der Waals surface area contributed by atoms with Crippen LogP contribution in [0.3, 0.4) is 0 Å². The van der Waals surface area contributed by atoms with Gasteiger partial charge in [0.15, 0.2) is 0 Å². The molecule has 4 heteroatoms. The molecule has 0 spiro atoms. The van der Waals surface area contributed by atoms with Gasteiger partial charge in [-0.3, -0.25) is 4.79 Å². The molecule has 0 amide bonds. The summed E-state index contributed by atoms with van der Waals surface area (Å²) in [4.78, 5) is 11.3. The topological polar surface area (TPSA) is 31.2 Å². The monoisotopic (exact) mass is 195 g/mol. The van der Waals surface area contributed by atoms with Crippen LogP contribution in [0.15, 0.2) is 23.0 Å². The number of aryl methyl sites for hydroxylation is 1. The first-order chi connectivity index (χ1) is 6.22. The predicted octanol–water partition coefficient (Wildman–Crippen LogP) is 1.61. The first kappa shape index (κ1) is 8.31. The Hall–Kier alpha value is -1.29. The Bertz CT molecular complexity index is 498. The summed E-state index contributed by atoms with van der Waals surface area (Å²) in [5.74, 6) is 0.786. The Morgan fingerprint density at radius 2 is 2.23 bits per heavy atom. The normalized spacial score (nSPS) is 10.6. The Morgan fingerprint density at radius 1 is 1.46 bits per heavy atom. The highest BCUT2D eigenvalue weighted by Gasteiger charge is 2.03. The summed E-state index contributed by atoms with van der Waals surface area (Å²) < 4.78 is 7.67. The van der Waals surface area contributed by atoms with Crippen molar-refractivity contribution in [3.8, 4) is 5.75 Å². The van der Waals surface area contributed by atoms with E-state index in [1.807, 2.05) is 18.2 Å². The van der Waals surface area contributed by atoms with Gasteiger partial charge in [-0.15, -0.1) is 0 Å². The molecule has 0 aliphatic rings. The van der Waals surface area contributed by atoms with E-state index in [2.05, 4.69) is 0 Å². The van der Waals surface area contributed by atoms with Gasteiger partial charge >= 0.3 is 4.87 Å². The highest BCUT2D eigenvalue weighted by atomic mass is 32.1. The summed E-state index contributed by atoms with van der Waals surface area (Å²) in [5, 5.41) is 0. The van der Waals surface area contributed by atoms with Crippen LogP contribution in [0.4, 0.5) is 0 Å². The molecule has 1 aromatic heterocycles. The number of benzene rings is 1. The van der Waals surface area contributed by atoms with Gasteiger partial charge in [0.05, 0.1) is 17.3 Å². The molecule has 0 unspecified atom stereocenters. The maximum Gasteiger partial charge on any atom is 0.307 e. The van der Waals surface area contributed by atoms with E-state index < -0.39 is 0 Å². The highest BCUT2D eigenvalue weighted by molar-refractivity contribution is 7.16. The van der Waals surface area contributed by atoms with Crippen molar-refractivity contribution < 1.29 is 4.74 Å².